The van der Waals surface area contributed by atoms with Gasteiger partial charge in [-0.15, -0.1) is 0 Å². The minimum absolute atomic E-state index is 0.610. The SMILES string of the molecule is CCOc1cc(-c2ccc(C)cc2)[o+]c2cc(OC)ccc12. The van der Waals surface area contributed by atoms with Crippen LogP contribution >= 0.6 is 0 Å². The highest BCUT2D eigenvalue weighted by molar-refractivity contribution is 5.86. The van der Waals surface area contributed by atoms with Crippen molar-refractivity contribution >= 4 is 11.0 Å². The molecule has 0 amide bonds. The number of aryl methyl sites for hydroxylation is 1. The van der Waals surface area contributed by atoms with Gasteiger partial charge in [-0.2, -0.15) is 0 Å². The van der Waals surface area contributed by atoms with Crippen LogP contribution in [-0.2, 0) is 0 Å². The van der Waals surface area contributed by atoms with Crippen molar-refractivity contribution in [3.8, 4) is 22.8 Å². The molecule has 3 aromatic rings. The molecule has 0 aliphatic heterocycles. The molecule has 112 valence electrons. The second-order valence-corrected chi connectivity index (χ2v) is 5.14. The van der Waals surface area contributed by atoms with E-state index >= 15 is 0 Å². The fourth-order valence-electron chi connectivity index (χ4n) is 2.40. The Kier molecular flexibility index (Phi) is 3.96. The van der Waals surface area contributed by atoms with Gasteiger partial charge in [-0.25, -0.2) is 4.42 Å². The largest absolute Gasteiger partial charge is 0.496 e. The third-order valence-corrected chi connectivity index (χ3v) is 3.57. The summed E-state index contributed by atoms with van der Waals surface area (Å²) in [5.41, 5.74) is 2.99. The zero-order chi connectivity index (χ0) is 15.5. The Morgan fingerprint density at radius 3 is 2.45 bits per heavy atom. The highest BCUT2D eigenvalue weighted by Gasteiger charge is 2.20. The molecule has 0 spiro atoms. The lowest BCUT2D eigenvalue weighted by Gasteiger charge is -2.05. The number of methoxy groups -OCH3 is 1. The van der Waals surface area contributed by atoms with Gasteiger partial charge in [0.1, 0.15) is 16.9 Å². The Hall–Kier alpha value is -2.55. The van der Waals surface area contributed by atoms with Crippen molar-refractivity contribution < 1.29 is 13.9 Å². The van der Waals surface area contributed by atoms with E-state index in [-0.39, 0.29) is 0 Å². The van der Waals surface area contributed by atoms with E-state index in [1.54, 1.807) is 7.11 Å². The van der Waals surface area contributed by atoms with Crippen LogP contribution in [0.4, 0.5) is 0 Å². The molecule has 0 fully saturated rings. The van der Waals surface area contributed by atoms with Crippen LogP contribution in [0.5, 0.6) is 11.5 Å². The molecule has 0 saturated heterocycles. The van der Waals surface area contributed by atoms with Gasteiger partial charge in [-0.1, -0.05) is 17.7 Å². The molecule has 3 rings (SSSR count). The topological polar surface area (TPSA) is 29.8 Å². The first-order valence-corrected chi connectivity index (χ1v) is 7.36. The molecule has 0 saturated carbocycles. The first-order chi connectivity index (χ1) is 10.7. The summed E-state index contributed by atoms with van der Waals surface area (Å²) in [6, 6.07) is 15.9. The average Bonchev–Trinajstić information content (AvgIpc) is 2.55. The van der Waals surface area contributed by atoms with Crippen molar-refractivity contribution in [1.29, 1.82) is 0 Å². The van der Waals surface area contributed by atoms with Gasteiger partial charge >= 0.3 is 11.3 Å². The molecule has 0 bridgehead atoms. The summed E-state index contributed by atoms with van der Waals surface area (Å²) in [5.74, 6) is 2.37. The lowest BCUT2D eigenvalue weighted by atomic mass is 10.1. The fourth-order valence-corrected chi connectivity index (χ4v) is 2.40. The number of rotatable bonds is 4. The second kappa shape index (κ2) is 6.06. The zero-order valence-corrected chi connectivity index (χ0v) is 13.1. The molecule has 0 N–H and O–H groups in total. The summed E-state index contributed by atoms with van der Waals surface area (Å²) >= 11 is 0. The van der Waals surface area contributed by atoms with Crippen molar-refractivity contribution in [3.63, 3.8) is 0 Å². The van der Waals surface area contributed by atoms with E-state index in [1.807, 2.05) is 31.2 Å². The van der Waals surface area contributed by atoms with Gasteiger partial charge in [0.15, 0.2) is 0 Å². The van der Waals surface area contributed by atoms with Crippen molar-refractivity contribution in [1.82, 2.24) is 0 Å². The molecule has 0 atom stereocenters. The summed E-state index contributed by atoms with van der Waals surface area (Å²) in [6.45, 7) is 4.65. The van der Waals surface area contributed by atoms with E-state index in [9.17, 15) is 0 Å². The standard InChI is InChI=1S/C19H19O3/c1-4-21-18-12-17(14-7-5-13(2)6-8-14)22-19-11-15(20-3)9-10-16(18)19/h5-12H,4H2,1-3H3/q+1. The van der Waals surface area contributed by atoms with Gasteiger partial charge in [0, 0.05) is 0 Å². The first-order valence-electron chi connectivity index (χ1n) is 7.36. The van der Waals surface area contributed by atoms with Crippen LogP contribution in [0.2, 0.25) is 0 Å². The molecule has 0 aliphatic carbocycles. The Bertz CT molecular complexity index is 792. The summed E-state index contributed by atoms with van der Waals surface area (Å²) in [5, 5.41) is 0.943. The van der Waals surface area contributed by atoms with Crippen LogP contribution in [-0.4, -0.2) is 13.7 Å². The minimum atomic E-state index is 0.610. The van der Waals surface area contributed by atoms with Crippen LogP contribution in [0.15, 0.2) is 52.9 Å². The van der Waals surface area contributed by atoms with Crippen molar-refractivity contribution in [2.45, 2.75) is 13.8 Å². The molecular weight excluding hydrogens is 276 g/mol. The lowest BCUT2D eigenvalue weighted by molar-refractivity contribution is 0.342. The molecular formula is C19H19O3+. The normalized spacial score (nSPS) is 10.7. The Balaban J connectivity index is 2.19. The number of benzene rings is 2. The summed E-state index contributed by atoms with van der Waals surface area (Å²) in [7, 11) is 1.65. The summed E-state index contributed by atoms with van der Waals surface area (Å²) < 4.78 is 17.1. The third-order valence-electron chi connectivity index (χ3n) is 3.57. The van der Waals surface area contributed by atoms with Crippen LogP contribution < -0.4 is 9.47 Å². The van der Waals surface area contributed by atoms with Crippen LogP contribution in [0.1, 0.15) is 12.5 Å². The lowest BCUT2D eigenvalue weighted by Crippen LogP contribution is -1.94. The van der Waals surface area contributed by atoms with Gasteiger partial charge < -0.3 is 9.47 Å². The average molecular weight is 295 g/mol. The first kappa shape index (κ1) is 14.4. The molecule has 1 aromatic heterocycles. The maximum Gasteiger partial charge on any atom is 0.368 e. The van der Waals surface area contributed by atoms with Crippen LogP contribution in [0.3, 0.4) is 0 Å². The molecule has 1 heterocycles. The minimum Gasteiger partial charge on any atom is -0.496 e. The number of hydrogen-bond acceptors (Lipinski definition) is 2. The Morgan fingerprint density at radius 2 is 1.77 bits per heavy atom. The number of fused-ring (bicyclic) bond motifs is 1. The van der Waals surface area contributed by atoms with Crippen molar-refractivity contribution in [2.24, 2.45) is 0 Å². The van der Waals surface area contributed by atoms with Crippen molar-refractivity contribution in [3.05, 3.63) is 54.1 Å². The van der Waals surface area contributed by atoms with E-state index in [0.717, 1.165) is 33.8 Å². The monoisotopic (exact) mass is 295 g/mol. The molecule has 3 nitrogen and oxygen atoms in total. The van der Waals surface area contributed by atoms with E-state index in [0.29, 0.717) is 6.61 Å². The van der Waals surface area contributed by atoms with Gasteiger partial charge in [-0.05, 0) is 38.1 Å². The van der Waals surface area contributed by atoms with E-state index in [2.05, 4.69) is 31.2 Å². The maximum absolute atomic E-state index is 6.06. The smallest absolute Gasteiger partial charge is 0.368 e. The van der Waals surface area contributed by atoms with E-state index in [4.69, 9.17) is 13.9 Å². The summed E-state index contributed by atoms with van der Waals surface area (Å²) in [6.07, 6.45) is 0. The van der Waals surface area contributed by atoms with Gasteiger partial charge in [-0.3, -0.25) is 0 Å². The highest BCUT2D eigenvalue weighted by Crippen LogP contribution is 2.34. The van der Waals surface area contributed by atoms with Crippen LogP contribution in [0, 0.1) is 6.92 Å². The van der Waals surface area contributed by atoms with Gasteiger partial charge in [0.05, 0.1) is 31.4 Å². The van der Waals surface area contributed by atoms with Crippen molar-refractivity contribution in [2.75, 3.05) is 13.7 Å². The fraction of sp³-hybridized carbons (Fsp3) is 0.211. The maximum atomic E-state index is 6.06. The van der Waals surface area contributed by atoms with E-state index in [1.165, 1.54) is 5.56 Å². The van der Waals surface area contributed by atoms with Gasteiger partial charge in [0.2, 0.25) is 0 Å². The summed E-state index contributed by atoms with van der Waals surface area (Å²) in [4.78, 5) is 0. The zero-order valence-electron chi connectivity index (χ0n) is 13.1. The second-order valence-electron chi connectivity index (χ2n) is 5.14. The molecule has 0 radical (unpaired) electrons. The number of hydrogen-bond donors (Lipinski definition) is 0. The highest BCUT2D eigenvalue weighted by atomic mass is 16.5. The van der Waals surface area contributed by atoms with Gasteiger partial charge in [0.25, 0.3) is 0 Å². The Morgan fingerprint density at radius 1 is 1.00 bits per heavy atom. The molecule has 0 aliphatic rings. The number of ether oxygens (including phenoxy) is 2. The quantitative estimate of drug-likeness (QED) is 0.627. The third kappa shape index (κ3) is 2.75. The van der Waals surface area contributed by atoms with E-state index < -0.39 is 0 Å². The molecule has 2 aromatic carbocycles. The van der Waals surface area contributed by atoms with Crippen LogP contribution in [0.25, 0.3) is 22.3 Å². The predicted octanol–water partition coefficient (Wildman–Crippen LogP) is 5.10. The molecule has 22 heavy (non-hydrogen) atoms. The molecule has 0 unspecified atom stereocenters. The Labute approximate surface area is 130 Å². The molecule has 3 heteroatoms. The predicted molar refractivity (Wildman–Crippen MR) is 88.5 cm³/mol.